The number of nitrogens with zero attached hydrogens (tertiary/aromatic N) is 1. The van der Waals surface area contributed by atoms with Gasteiger partial charge in [0.05, 0.1) is 0 Å². The van der Waals surface area contributed by atoms with Gasteiger partial charge in [0, 0.05) is 43.2 Å². The second-order valence-corrected chi connectivity index (χ2v) is 7.21. The molecule has 24 heavy (non-hydrogen) atoms. The normalized spacial score (nSPS) is 26.7. The number of benzene rings is 1. The lowest BCUT2D eigenvalue weighted by Gasteiger charge is -2.36. The summed E-state index contributed by atoms with van der Waals surface area (Å²) >= 11 is 0. The molecule has 1 aromatic rings. The molecule has 3 rings (SSSR count). The second kappa shape index (κ2) is 7.34. The van der Waals surface area contributed by atoms with Gasteiger partial charge in [0.2, 0.25) is 5.91 Å². The van der Waals surface area contributed by atoms with E-state index in [9.17, 15) is 9.59 Å². The summed E-state index contributed by atoms with van der Waals surface area (Å²) in [5.41, 5.74) is 0.625. The number of hydrogen-bond donors (Lipinski definition) is 2. The third kappa shape index (κ3) is 3.96. The molecule has 2 heterocycles. The van der Waals surface area contributed by atoms with Crippen LogP contribution in [0.2, 0.25) is 0 Å². The Morgan fingerprint density at radius 2 is 1.83 bits per heavy atom. The zero-order valence-corrected chi connectivity index (χ0v) is 14.5. The smallest absolute Gasteiger partial charge is 0.251 e. The molecule has 2 bridgehead atoms. The van der Waals surface area contributed by atoms with E-state index in [0.717, 1.165) is 12.8 Å². The maximum atomic E-state index is 12.6. The number of amides is 2. The van der Waals surface area contributed by atoms with Crippen molar-refractivity contribution >= 4 is 11.8 Å². The van der Waals surface area contributed by atoms with E-state index in [0.29, 0.717) is 30.1 Å². The summed E-state index contributed by atoms with van der Waals surface area (Å²) in [6, 6.07) is 10.4. The summed E-state index contributed by atoms with van der Waals surface area (Å²) in [5, 5.41) is 6.52. The number of carbonyl (C=O) groups is 2. The van der Waals surface area contributed by atoms with Gasteiger partial charge < -0.3 is 15.5 Å². The SMILES string of the molecule is CC(CC(=O)N(C)C1CC2CCC(C1)N2)NC(=O)c1ccccc1. The van der Waals surface area contributed by atoms with Crippen LogP contribution in [-0.4, -0.2) is 47.9 Å². The Hall–Kier alpha value is -1.88. The topological polar surface area (TPSA) is 61.4 Å². The maximum Gasteiger partial charge on any atom is 0.251 e. The van der Waals surface area contributed by atoms with Gasteiger partial charge >= 0.3 is 0 Å². The zero-order valence-electron chi connectivity index (χ0n) is 14.5. The van der Waals surface area contributed by atoms with Gasteiger partial charge in [-0.15, -0.1) is 0 Å². The molecule has 3 unspecified atom stereocenters. The Morgan fingerprint density at radius 1 is 1.21 bits per heavy atom. The van der Waals surface area contributed by atoms with E-state index in [1.807, 2.05) is 37.1 Å². The molecule has 0 spiro atoms. The first-order valence-corrected chi connectivity index (χ1v) is 8.90. The van der Waals surface area contributed by atoms with Crippen molar-refractivity contribution < 1.29 is 9.59 Å². The molecule has 2 fully saturated rings. The van der Waals surface area contributed by atoms with Crippen LogP contribution in [0.1, 0.15) is 49.4 Å². The highest BCUT2D eigenvalue weighted by molar-refractivity contribution is 5.94. The molecule has 2 aliphatic rings. The minimum atomic E-state index is -0.175. The molecule has 2 aliphatic heterocycles. The summed E-state index contributed by atoms with van der Waals surface area (Å²) in [4.78, 5) is 26.6. The van der Waals surface area contributed by atoms with Crippen LogP contribution in [0.4, 0.5) is 0 Å². The van der Waals surface area contributed by atoms with Gasteiger partial charge in [-0.2, -0.15) is 0 Å². The van der Waals surface area contributed by atoms with Gasteiger partial charge in [-0.25, -0.2) is 0 Å². The van der Waals surface area contributed by atoms with Crippen molar-refractivity contribution in [3.63, 3.8) is 0 Å². The Balaban J connectivity index is 1.49. The van der Waals surface area contributed by atoms with Gasteiger partial charge in [0.15, 0.2) is 0 Å². The molecule has 5 nitrogen and oxygen atoms in total. The highest BCUT2D eigenvalue weighted by Gasteiger charge is 2.36. The van der Waals surface area contributed by atoms with Crippen LogP contribution in [0, 0.1) is 0 Å². The molecule has 130 valence electrons. The lowest BCUT2D eigenvalue weighted by atomic mass is 9.98. The average Bonchev–Trinajstić information content (AvgIpc) is 2.92. The van der Waals surface area contributed by atoms with E-state index in [1.54, 1.807) is 12.1 Å². The fourth-order valence-corrected chi connectivity index (χ4v) is 3.90. The van der Waals surface area contributed by atoms with Crippen molar-refractivity contribution in [3.8, 4) is 0 Å². The molecule has 2 amide bonds. The third-order valence-corrected chi connectivity index (χ3v) is 5.28. The summed E-state index contributed by atoms with van der Waals surface area (Å²) in [6.07, 6.45) is 4.89. The van der Waals surface area contributed by atoms with E-state index in [-0.39, 0.29) is 17.9 Å². The number of nitrogens with one attached hydrogen (secondary N) is 2. The van der Waals surface area contributed by atoms with Crippen LogP contribution in [0.15, 0.2) is 30.3 Å². The average molecular weight is 329 g/mol. The van der Waals surface area contributed by atoms with Gasteiger partial charge in [-0.05, 0) is 44.7 Å². The molecule has 0 saturated carbocycles. The van der Waals surface area contributed by atoms with E-state index in [4.69, 9.17) is 0 Å². The van der Waals surface area contributed by atoms with Crippen LogP contribution in [0.5, 0.6) is 0 Å². The first-order valence-electron chi connectivity index (χ1n) is 8.90. The summed E-state index contributed by atoms with van der Waals surface area (Å²) in [7, 11) is 1.91. The fourth-order valence-electron chi connectivity index (χ4n) is 3.90. The summed E-state index contributed by atoms with van der Waals surface area (Å²) in [6.45, 7) is 1.89. The molecular formula is C19H27N3O2. The van der Waals surface area contributed by atoms with Gasteiger partial charge in [0.25, 0.3) is 5.91 Å². The molecule has 0 aliphatic carbocycles. The Kier molecular flexibility index (Phi) is 5.19. The van der Waals surface area contributed by atoms with Crippen molar-refractivity contribution in [2.24, 2.45) is 0 Å². The number of fused-ring (bicyclic) bond motifs is 2. The number of carbonyl (C=O) groups excluding carboxylic acids is 2. The minimum absolute atomic E-state index is 0.113. The summed E-state index contributed by atoms with van der Waals surface area (Å²) < 4.78 is 0. The summed E-state index contributed by atoms with van der Waals surface area (Å²) in [5.74, 6) is -0.0133. The van der Waals surface area contributed by atoms with Crippen molar-refractivity contribution in [3.05, 3.63) is 35.9 Å². The van der Waals surface area contributed by atoms with Crippen LogP contribution >= 0.6 is 0 Å². The Bertz CT molecular complexity index is 578. The fraction of sp³-hybridized carbons (Fsp3) is 0.579. The van der Waals surface area contributed by atoms with Crippen molar-refractivity contribution in [2.75, 3.05) is 7.05 Å². The van der Waals surface area contributed by atoms with Gasteiger partial charge in [0.1, 0.15) is 0 Å². The molecule has 0 radical (unpaired) electrons. The van der Waals surface area contributed by atoms with Gasteiger partial charge in [-0.1, -0.05) is 18.2 Å². The molecule has 0 aromatic heterocycles. The van der Waals surface area contributed by atoms with E-state index >= 15 is 0 Å². The van der Waals surface area contributed by atoms with Crippen molar-refractivity contribution in [1.29, 1.82) is 0 Å². The van der Waals surface area contributed by atoms with Crippen LogP contribution in [-0.2, 0) is 4.79 Å². The molecule has 1 aromatic carbocycles. The van der Waals surface area contributed by atoms with E-state index in [2.05, 4.69) is 10.6 Å². The quantitative estimate of drug-likeness (QED) is 0.868. The van der Waals surface area contributed by atoms with Crippen molar-refractivity contribution in [1.82, 2.24) is 15.5 Å². The lowest BCUT2D eigenvalue weighted by molar-refractivity contribution is -0.133. The first-order chi connectivity index (χ1) is 11.5. The lowest BCUT2D eigenvalue weighted by Crippen LogP contribution is -2.49. The molecule has 5 heteroatoms. The monoisotopic (exact) mass is 329 g/mol. The highest BCUT2D eigenvalue weighted by atomic mass is 16.2. The zero-order chi connectivity index (χ0) is 17.1. The Labute approximate surface area is 143 Å². The first kappa shape index (κ1) is 17.0. The number of hydrogen-bond acceptors (Lipinski definition) is 3. The van der Waals surface area contributed by atoms with E-state index < -0.39 is 0 Å². The van der Waals surface area contributed by atoms with Crippen molar-refractivity contribution in [2.45, 2.75) is 63.2 Å². The standard InChI is InChI=1S/C19H27N3O2/c1-13(20-19(24)14-6-4-3-5-7-14)10-18(23)22(2)17-11-15-8-9-16(12-17)21-15/h3-7,13,15-17,21H,8-12H2,1-2H3,(H,20,24). The molecular weight excluding hydrogens is 302 g/mol. The third-order valence-electron chi connectivity index (χ3n) is 5.28. The molecule has 2 saturated heterocycles. The van der Waals surface area contributed by atoms with Crippen LogP contribution in [0.3, 0.4) is 0 Å². The number of piperidine rings is 1. The Morgan fingerprint density at radius 3 is 2.46 bits per heavy atom. The number of rotatable bonds is 5. The maximum absolute atomic E-state index is 12.6. The highest BCUT2D eigenvalue weighted by Crippen LogP contribution is 2.29. The molecule has 3 atom stereocenters. The largest absolute Gasteiger partial charge is 0.349 e. The predicted octanol–water partition coefficient (Wildman–Crippen LogP) is 1.94. The van der Waals surface area contributed by atoms with Crippen LogP contribution < -0.4 is 10.6 Å². The minimum Gasteiger partial charge on any atom is -0.349 e. The van der Waals surface area contributed by atoms with Crippen LogP contribution in [0.25, 0.3) is 0 Å². The second-order valence-electron chi connectivity index (χ2n) is 7.21. The molecule has 2 N–H and O–H groups in total. The van der Waals surface area contributed by atoms with E-state index in [1.165, 1.54) is 12.8 Å². The van der Waals surface area contributed by atoms with Gasteiger partial charge in [-0.3, -0.25) is 9.59 Å². The predicted molar refractivity (Wildman–Crippen MR) is 93.7 cm³/mol.